The van der Waals surface area contributed by atoms with Gasteiger partial charge in [-0.05, 0) is 30.7 Å². The molecule has 1 aliphatic carbocycles. The summed E-state index contributed by atoms with van der Waals surface area (Å²) in [5.41, 5.74) is 0.601. The average molecular weight is 359 g/mol. The third-order valence-corrected chi connectivity index (χ3v) is 6.48. The largest absolute Gasteiger partial charge is 0.385 e. The molecule has 1 heteroatoms. The van der Waals surface area contributed by atoms with Crippen molar-refractivity contribution in [3.8, 4) is 0 Å². The molecular weight excluding hydrogens is 316 g/mol. The van der Waals surface area contributed by atoms with Crippen LogP contribution in [0.5, 0.6) is 0 Å². The molecule has 2 unspecified atom stereocenters. The molecule has 0 aliphatic heterocycles. The van der Waals surface area contributed by atoms with Gasteiger partial charge in [0, 0.05) is 0 Å². The van der Waals surface area contributed by atoms with E-state index in [1.807, 2.05) is 18.2 Å². The van der Waals surface area contributed by atoms with E-state index in [0.29, 0.717) is 5.92 Å². The molecule has 1 nitrogen and oxygen atoms in total. The van der Waals surface area contributed by atoms with Gasteiger partial charge in [-0.2, -0.15) is 0 Å². The molecule has 1 fully saturated rings. The fourth-order valence-electron chi connectivity index (χ4n) is 4.52. The van der Waals surface area contributed by atoms with Crippen LogP contribution in [0.1, 0.15) is 115 Å². The average Bonchev–Trinajstić information content (AvgIpc) is 2.67. The van der Waals surface area contributed by atoms with Gasteiger partial charge < -0.3 is 5.11 Å². The highest BCUT2D eigenvalue weighted by atomic mass is 16.3. The molecular formula is C25H42O. The summed E-state index contributed by atoms with van der Waals surface area (Å²) in [6.45, 7) is 2.29. The molecule has 26 heavy (non-hydrogen) atoms. The lowest BCUT2D eigenvalue weighted by Crippen LogP contribution is -2.44. The fourth-order valence-corrected chi connectivity index (χ4v) is 4.52. The maximum absolute atomic E-state index is 10.9. The normalized spacial score (nSPS) is 22.3. The van der Waals surface area contributed by atoms with Crippen LogP contribution in [0.4, 0.5) is 0 Å². The second-order valence-electron chi connectivity index (χ2n) is 8.56. The Kier molecular flexibility index (Phi) is 10.4. The Bertz CT molecular complexity index is 454. The van der Waals surface area contributed by atoms with Gasteiger partial charge in [-0.25, -0.2) is 0 Å². The van der Waals surface area contributed by atoms with Crippen molar-refractivity contribution in [3.05, 3.63) is 35.9 Å². The molecule has 148 valence electrons. The number of aliphatic hydroxyl groups is 1. The molecule has 0 spiro atoms. The Labute approximate surface area is 162 Å². The fraction of sp³-hybridized carbons (Fsp3) is 0.760. The summed E-state index contributed by atoms with van der Waals surface area (Å²) in [5.74, 6) is 0.484. The second-order valence-corrected chi connectivity index (χ2v) is 8.56. The SMILES string of the molecule is CCCCCCCCCCCCCCCC1CCC1(O)c1ccccc1. The van der Waals surface area contributed by atoms with Crippen molar-refractivity contribution in [2.75, 3.05) is 0 Å². The van der Waals surface area contributed by atoms with Gasteiger partial charge in [-0.1, -0.05) is 121 Å². The summed E-state index contributed by atoms with van der Waals surface area (Å²) in [6.07, 6.45) is 21.6. The molecule has 0 aromatic heterocycles. The maximum atomic E-state index is 10.9. The zero-order valence-electron chi connectivity index (χ0n) is 17.2. The van der Waals surface area contributed by atoms with Crippen LogP contribution >= 0.6 is 0 Å². The number of rotatable bonds is 15. The highest BCUT2D eigenvalue weighted by molar-refractivity contribution is 5.25. The van der Waals surface area contributed by atoms with E-state index in [1.165, 1.54) is 96.3 Å². The number of unbranched alkanes of at least 4 members (excludes halogenated alkanes) is 12. The molecule has 1 aromatic carbocycles. The highest BCUT2D eigenvalue weighted by Gasteiger charge is 2.45. The van der Waals surface area contributed by atoms with E-state index in [4.69, 9.17) is 0 Å². The highest BCUT2D eigenvalue weighted by Crippen LogP contribution is 2.48. The zero-order valence-corrected chi connectivity index (χ0v) is 17.2. The van der Waals surface area contributed by atoms with Crippen LogP contribution in [-0.4, -0.2) is 5.11 Å². The second kappa shape index (κ2) is 12.5. The first-order valence-electron chi connectivity index (χ1n) is 11.6. The molecule has 0 radical (unpaired) electrons. The first-order chi connectivity index (χ1) is 12.8. The molecule has 1 saturated carbocycles. The molecule has 0 heterocycles. The summed E-state index contributed by atoms with van der Waals surface area (Å²) >= 11 is 0. The van der Waals surface area contributed by atoms with Gasteiger partial charge in [-0.3, -0.25) is 0 Å². The van der Waals surface area contributed by atoms with Gasteiger partial charge in [0.25, 0.3) is 0 Å². The van der Waals surface area contributed by atoms with Crippen LogP contribution in [0, 0.1) is 5.92 Å². The van der Waals surface area contributed by atoms with Crippen LogP contribution < -0.4 is 0 Å². The molecule has 1 aromatic rings. The van der Waals surface area contributed by atoms with Crippen LogP contribution in [0.3, 0.4) is 0 Å². The van der Waals surface area contributed by atoms with E-state index < -0.39 is 5.60 Å². The van der Waals surface area contributed by atoms with Gasteiger partial charge in [0.05, 0.1) is 5.60 Å². The van der Waals surface area contributed by atoms with Crippen molar-refractivity contribution in [1.82, 2.24) is 0 Å². The number of hydrogen-bond donors (Lipinski definition) is 1. The maximum Gasteiger partial charge on any atom is 0.0924 e. The first kappa shape index (κ1) is 21.5. The topological polar surface area (TPSA) is 20.2 Å². The first-order valence-corrected chi connectivity index (χ1v) is 11.6. The van der Waals surface area contributed by atoms with Gasteiger partial charge in [0.1, 0.15) is 0 Å². The Balaban J connectivity index is 1.42. The van der Waals surface area contributed by atoms with E-state index in [0.717, 1.165) is 12.0 Å². The van der Waals surface area contributed by atoms with E-state index in [-0.39, 0.29) is 0 Å². The number of benzene rings is 1. The zero-order chi connectivity index (χ0) is 18.5. The van der Waals surface area contributed by atoms with Crippen molar-refractivity contribution >= 4 is 0 Å². The summed E-state index contributed by atoms with van der Waals surface area (Å²) in [4.78, 5) is 0. The lowest BCUT2D eigenvalue weighted by molar-refractivity contribution is -0.105. The van der Waals surface area contributed by atoms with Crippen LogP contribution in [0.15, 0.2) is 30.3 Å². The predicted octanol–water partition coefficient (Wildman–Crippen LogP) is 7.77. The molecule has 1 aliphatic rings. The molecule has 0 saturated heterocycles. The molecule has 0 amide bonds. The van der Waals surface area contributed by atoms with Gasteiger partial charge in [-0.15, -0.1) is 0 Å². The molecule has 1 N–H and O–H groups in total. The third kappa shape index (κ3) is 7.06. The Morgan fingerprint density at radius 2 is 1.27 bits per heavy atom. The lowest BCUT2D eigenvalue weighted by Gasteiger charge is -2.46. The van der Waals surface area contributed by atoms with Crippen molar-refractivity contribution < 1.29 is 5.11 Å². The van der Waals surface area contributed by atoms with Gasteiger partial charge >= 0.3 is 0 Å². The summed E-state index contributed by atoms with van der Waals surface area (Å²) < 4.78 is 0. The summed E-state index contributed by atoms with van der Waals surface area (Å²) in [7, 11) is 0. The predicted molar refractivity (Wildman–Crippen MR) is 113 cm³/mol. The Hall–Kier alpha value is -0.820. The lowest BCUT2D eigenvalue weighted by atomic mass is 9.64. The minimum atomic E-state index is -0.529. The van der Waals surface area contributed by atoms with Crippen LogP contribution in [0.25, 0.3) is 0 Å². The minimum absolute atomic E-state index is 0.484. The quantitative estimate of drug-likeness (QED) is 0.317. The van der Waals surface area contributed by atoms with Crippen LogP contribution in [0.2, 0.25) is 0 Å². The molecule has 0 bridgehead atoms. The van der Waals surface area contributed by atoms with E-state index in [1.54, 1.807) is 0 Å². The van der Waals surface area contributed by atoms with E-state index in [2.05, 4.69) is 19.1 Å². The Morgan fingerprint density at radius 3 is 1.73 bits per heavy atom. The van der Waals surface area contributed by atoms with Crippen molar-refractivity contribution in [1.29, 1.82) is 0 Å². The van der Waals surface area contributed by atoms with E-state index >= 15 is 0 Å². The van der Waals surface area contributed by atoms with Crippen molar-refractivity contribution in [2.24, 2.45) is 5.92 Å². The standard InChI is InChI=1S/C25H42O/c1-2-3-4-5-6-7-8-9-10-11-12-13-15-20-24-21-22-25(24,26)23-18-16-14-17-19-23/h14,16-19,24,26H,2-13,15,20-22H2,1H3. The Morgan fingerprint density at radius 1 is 0.769 bits per heavy atom. The van der Waals surface area contributed by atoms with Crippen LogP contribution in [-0.2, 0) is 5.60 Å². The van der Waals surface area contributed by atoms with E-state index in [9.17, 15) is 5.11 Å². The summed E-state index contributed by atoms with van der Waals surface area (Å²) in [6, 6.07) is 10.3. The van der Waals surface area contributed by atoms with Gasteiger partial charge in [0.15, 0.2) is 0 Å². The molecule has 2 rings (SSSR count). The van der Waals surface area contributed by atoms with Crippen molar-refractivity contribution in [3.63, 3.8) is 0 Å². The third-order valence-electron chi connectivity index (χ3n) is 6.48. The molecule has 2 atom stereocenters. The monoisotopic (exact) mass is 358 g/mol. The smallest absolute Gasteiger partial charge is 0.0924 e. The van der Waals surface area contributed by atoms with Crippen molar-refractivity contribution in [2.45, 2.75) is 115 Å². The minimum Gasteiger partial charge on any atom is -0.385 e. The summed E-state index contributed by atoms with van der Waals surface area (Å²) in [5, 5.41) is 10.9. The number of hydrogen-bond acceptors (Lipinski definition) is 1. The van der Waals surface area contributed by atoms with Gasteiger partial charge in [0.2, 0.25) is 0 Å².